The Morgan fingerprint density at radius 3 is 2.27 bits per heavy atom. The van der Waals surface area contributed by atoms with Gasteiger partial charge in [-0.1, -0.05) is 27.4 Å². The maximum Gasteiger partial charge on any atom is 0.302 e. The Hall–Kier alpha value is -1.40. The van der Waals surface area contributed by atoms with Gasteiger partial charge in [-0.2, -0.15) is 0 Å². The van der Waals surface area contributed by atoms with Crippen LogP contribution in [-0.2, 0) is 19.1 Å². The lowest BCUT2D eigenvalue weighted by Gasteiger charge is -2.67. The van der Waals surface area contributed by atoms with Gasteiger partial charge in [0, 0.05) is 30.6 Å². The third-order valence-electron chi connectivity index (χ3n) is 9.15. The molecule has 168 valence electrons. The highest BCUT2D eigenvalue weighted by Gasteiger charge is 2.72. The van der Waals surface area contributed by atoms with Crippen LogP contribution in [0.1, 0.15) is 66.7 Å². The van der Waals surface area contributed by atoms with E-state index in [0.717, 1.165) is 18.4 Å². The number of aliphatic hydroxyl groups is 2. The van der Waals surface area contributed by atoms with E-state index in [1.807, 2.05) is 0 Å². The molecule has 2 N–H and O–H groups in total. The van der Waals surface area contributed by atoms with Crippen molar-refractivity contribution in [3.63, 3.8) is 0 Å². The third kappa shape index (κ3) is 2.82. The summed E-state index contributed by atoms with van der Waals surface area (Å²) in [6.07, 6.45) is 1.40. The highest BCUT2D eigenvalue weighted by Crippen LogP contribution is 2.72. The molecule has 4 saturated carbocycles. The summed E-state index contributed by atoms with van der Waals surface area (Å²) < 4.78 is 11.6. The molecule has 0 aromatic carbocycles. The molecule has 0 amide bonds. The van der Waals surface area contributed by atoms with Crippen molar-refractivity contribution in [2.45, 2.75) is 91.1 Å². The molecule has 0 aliphatic heterocycles. The van der Waals surface area contributed by atoms with Crippen molar-refractivity contribution in [2.24, 2.45) is 34.0 Å². The zero-order valence-electron chi connectivity index (χ0n) is 18.8. The molecule has 0 radical (unpaired) electrons. The first kappa shape index (κ1) is 21.8. The maximum atomic E-state index is 12.1. The van der Waals surface area contributed by atoms with Gasteiger partial charge in [-0.25, -0.2) is 0 Å². The quantitative estimate of drug-likeness (QED) is 0.527. The monoisotopic (exact) mass is 420 g/mol. The fraction of sp³-hybridized carbons (Fsp3) is 0.833. The summed E-state index contributed by atoms with van der Waals surface area (Å²) in [6, 6.07) is 0. The van der Waals surface area contributed by atoms with Gasteiger partial charge in [-0.05, 0) is 54.9 Å². The summed E-state index contributed by atoms with van der Waals surface area (Å²) in [5.41, 5.74) is -0.533. The smallest absolute Gasteiger partial charge is 0.302 e. The molecule has 9 atom stereocenters. The molecule has 4 fully saturated rings. The molecule has 30 heavy (non-hydrogen) atoms. The van der Waals surface area contributed by atoms with Crippen LogP contribution in [0.4, 0.5) is 0 Å². The number of esters is 2. The van der Waals surface area contributed by atoms with Gasteiger partial charge in [0.25, 0.3) is 0 Å². The summed E-state index contributed by atoms with van der Waals surface area (Å²) >= 11 is 0. The summed E-state index contributed by atoms with van der Waals surface area (Å²) in [7, 11) is 0. The fourth-order valence-corrected chi connectivity index (χ4v) is 8.55. The number of hydrogen-bond donors (Lipinski definition) is 2. The molecule has 4 aliphatic rings. The number of carbonyl (C=O) groups excluding carboxylic acids is 2. The van der Waals surface area contributed by atoms with Gasteiger partial charge in [0.2, 0.25) is 0 Å². The Morgan fingerprint density at radius 2 is 1.67 bits per heavy atom. The number of carbonyl (C=O) groups is 2. The Labute approximate surface area is 179 Å². The molecule has 0 saturated heterocycles. The topological polar surface area (TPSA) is 93.1 Å². The summed E-state index contributed by atoms with van der Waals surface area (Å²) in [4.78, 5) is 23.9. The largest absolute Gasteiger partial charge is 0.462 e. The molecule has 2 bridgehead atoms. The molecular formula is C24H36O6. The Kier molecular flexibility index (Phi) is 4.94. The van der Waals surface area contributed by atoms with Crippen molar-refractivity contribution in [2.75, 3.05) is 0 Å². The van der Waals surface area contributed by atoms with Crippen molar-refractivity contribution in [3.05, 3.63) is 12.2 Å². The predicted molar refractivity (Wildman–Crippen MR) is 110 cm³/mol. The number of fused-ring (bicyclic) bond motifs is 3. The number of hydrogen-bond acceptors (Lipinski definition) is 6. The van der Waals surface area contributed by atoms with E-state index in [9.17, 15) is 19.8 Å². The molecular weight excluding hydrogens is 384 g/mol. The van der Waals surface area contributed by atoms with E-state index < -0.39 is 29.1 Å². The van der Waals surface area contributed by atoms with E-state index in [2.05, 4.69) is 27.4 Å². The lowest BCUT2D eigenvalue weighted by molar-refractivity contribution is -0.263. The van der Waals surface area contributed by atoms with Gasteiger partial charge in [0.15, 0.2) is 0 Å². The van der Waals surface area contributed by atoms with Crippen LogP contribution < -0.4 is 0 Å². The molecule has 6 heteroatoms. The van der Waals surface area contributed by atoms with Crippen LogP contribution in [0.3, 0.4) is 0 Å². The van der Waals surface area contributed by atoms with Gasteiger partial charge in [-0.15, -0.1) is 0 Å². The fourth-order valence-electron chi connectivity index (χ4n) is 8.55. The second-order valence-electron chi connectivity index (χ2n) is 11.2. The Morgan fingerprint density at radius 1 is 1.03 bits per heavy atom. The van der Waals surface area contributed by atoms with Crippen LogP contribution in [0.5, 0.6) is 0 Å². The zero-order chi connectivity index (χ0) is 22.2. The molecule has 4 aliphatic carbocycles. The minimum atomic E-state index is -0.699. The highest BCUT2D eigenvalue weighted by atomic mass is 16.6. The van der Waals surface area contributed by atoms with Crippen LogP contribution in [-0.4, -0.2) is 46.6 Å². The molecule has 0 unspecified atom stereocenters. The van der Waals surface area contributed by atoms with Gasteiger partial charge in [0.1, 0.15) is 12.2 Å². The van der Waals surface area contributed by atoms with E-state index in [1.54, 1.807) is 0 Å². The SMILES string of the molecule is C=C1[C@@H]2C[C@H](O)[C@H]3[C@@]4(C)CC[C@H](OC(C)=O)C(C)(C)[C@H]4[C@@H](OC(C)=O)C[C@]3(C2)[C@@H]1O. The van der Waals surface area contributed by atoms with Crippen LogP contribution in [0.2, 0.25) is 0 Å². The third-order valence-corrected chi connectivity index (χ3v) is 9.15. The van der Waals surface area contributed by atoms with Crippen molar-refractivity contribution >= 4 is 11.9 Å². The van der Waals surface area contributed by atoms with Crippen molar-refractivity contribution < 1.29 is 29.3 Å². The number of aliphatic hydroxyl groups excluding tert-OH is 2. The van der Waals surface area contributed by atoms with Gasteiger partial charge >= 0.3 is 11.9 Å². The second kappa shape index (κ2) is 6.80. The minimum absolute atomic E-state index is 0.102. The van der Waals surface area contributed by atoms with E-state index in [1.165, 1.54) is 13.8 Å². The van der Waals surface area contributed by atoms with Gasteiger partial charge in [-0.3, -0.25) is 9.59 Å². The summed E-state index contributed by atoms with van der Waals surface area (Å²) in [6.45, 7) is 13.4. The number of rotatable bonds is 2. The zero-order valence-corrected chi connectivity index (χ0v) is 18.8. The summed E-state index contributed by atoms with van der Waals surface area (Å²) in [5.74, 6) is -0.771. The standard InChI is InChI=1S/C24H36O6/c1-12-15-9-16(27)19-23(6)8-7-18(30-14(3)26)22(4,5)20(23)17(29-13(2)25)11-24(19,10-15)21(12)28/h15-21,27-28H,1,7-11H2,2-6H3/t15-,16+,17+,18+,19+,20-,21-,23-,24+/m1/s1. The molecule has 1 spiro atoms. The van der Waals surface area contributed by atoms with Crippen LogP contribution in [0, 0.1) is 34.0 Å². The molecule has 4 rings (SSSR count). The summed E-state index contributed by atoms with van der Waals surface area (Å²) in [5, 5.41) is 22.6. The van der Waals surface area contributed by atoms with Crippen molar-refractivity contribution in [3.8, 4) is 0 Å². The first-order chi connectivity index (χ1) is 13.8. The van der Waals surface area contributed by atoms with E-state index in [0.29, 0.717) is 19.3 Å². The predicted octanol–water partition coefficient (Wildman–Crippen LogP) is 3.00. The maximum absolute atomic E-state index is 12.1. The van der Waals surface area contributed by atoms with Crippen LogP contribution >= 0.6 is 0 Å². The van der Waals surface area contributed by atoms with E-state index in [-0.39, 0.29) is 41.2 Å². The average molecular weight is 421 g/mol. The number of ether oxygens (including phenoxy) is 2. The van der Waals surface area contributed by atoms with E-state index in [4.69, 9.17) is 9.47 Å². The average Bonchev–Trinajstić information content (AvgIpc) is 2.77. The minimum Gasteiger partial charge on any atom is -0.462 e. The van der Waals surface area contributed by atoms with Crippen LogP contribution in [0.25, 0.3) is 0 Å². The van der Waals surface area contributed by atoms with Crippen molar-refractivity contribution in [1.82, 2.24) is 0 Å². The molecule has 0 heterocycles. The molecule has 0 aromatic heterocycles. The molecule has 6 nitrogen and oxygen atoms in total. The highest BCUT2D eigenvalue weighted by molar-refractivity contribution is 5.66. The van der Waals surface area contributed by atoms with Gasteiger partial charge < -0.3 is 19.7 Å². The Bertz CT molecular complexity index is 774. The Balaban J connectivity index is 1.84. The van der Waals surface area contributed by atoms with Gasteiger partial charge in [0.05, 0.1) is 12.2 Å². The van der Waals surface area contributed by atoms with Crippen molar-refractivity contribution in [1.29, 1.82) is 0 Å². The normalized spacial score (nSPS) is 49.0. The first-order valence-corrected chi connectivity index (χ1v) is 11.2. The molecule has 0 aromatic rings. The first-order valence-electron chi connectivity index (χ1n) is 11.2. The van der Waals surface area contributed by atoms with E-state index >= 15 is 0 Å². The second-order valence-corrected chi connectivity index (χ2v) is 11.2. The lowest BCUT2D eigenvalue weighted by Crippen LogP contribution is -2.68. The van der Waals surface area contributed by atoms with Crippen LogP contribution in [0.15, 0.2) is 12.2 Å². The lowest BCUT2D eigenvalue weighted by atomic mass is 9.39.